The zero-order valence-corrected chi connectivity index (χ0v) is 20.9. The summed E-state index contributed by atoms with van der Waals surface area (Å²) in [5, 5.41) is 6.90. The minimum absolute atomic E-state index is 0.0956. The van der Waals surface area contributed by atoms with Gasteiger partial charge in [-0.25, -0.2) is 4.98 Å². The van der Waals surface area contributed by atoms with Crippen molar-refractivity contribution >= 4 is 45.9 Å². The number of morpholine rings is 1. The van der Waals surface area contributed by atoms with E-state index >= 15 is 0 Å². The van der Waals surface area contributed by atoms with Crippen LogP contribution in [0.5, 0.6) is 5.75 Å². The van der Waals surface area contributed by atoms with Gasteiger partial charge >= 0.3 is 0 Å². The van der Waals surface area contributed by atoms with Crippen molar-refractivity contribution in [3.63, 3.8) is 0 Å². The molecule has 2 aromatic heterocycles. The molecule has 10 nitrogen and oxygen atoms in total. The number of pyridine rings is 1. The predicted molar refractivity (Wildman–Crippen MR) is 136 cm³/mol. The van der Waals surface area contributed by atoms with Gasteiger partial charge in [0.1, 0.15) is 5.02 Å². The third-order valence-corrected chi connectivity index (χ3v) is 5.95. The van der Waals surface area contributed by atoms with Crippen molar-refractivity contribution in [1.82, 2.24) is 19.9 Å². The van der Waals surface area contributed by atoms with E-state index in [1.165, 1.54) is 7.05 Å². The van der Waals surface area contributed by atoms with Gasteiger partial charge in [0.2, 0.25) is 5.95 Å². The fourth-order valence-electron chi connectivity index (χ4n) is 3.96. The standard InChI is InChI=1S/C24H29ClN6O4/c1-14(2)31-19-6-5-17(9-16(19)10-20(23(31)33)35-13-21(32)26-4)28-22-18(25)11-27-24(29-22)30-7-8-34-15(3)12-30/h5-6,9-11,14-15H,7-8,12-13H2,1-4H3,(H,26,32)(H,27,28,29)/t15-/m1/s1. The van der Waals surface area contributed by atoms with Gasteiger partial charge in [-0.1, -0.05) is 11.6 Å². The highest BCUT2D eigenvalue weighted by Gasteiger charge is 2.20. The first-order valence-electron chi connectivity index (χ1n) is 11.5. The number of benzene rings is 1. The summed E-state index contributed by atoms with van der Waals surface area (Å²) in [6, 6.07) is 7.14. The van der Waals surface area contributed by atoms with Gasteiger partial charge in [0.05, 0.1) is 24.4 Å². The minimum atomic E-state index is -0.320. The highest BCUT2D eigenvalue weighted by Crippen LogP contribution is 2.29. The van der Waals surface area contributed by atoms with E-state index < -0.39 is 0 Å². The van der Waals surface area contributed by atoms with E-state index in [0.717, 1.165) is 16.6 Å². The summed E-state index contributed by atoms with van der Waals surface area (Å²) in [5.74, 6) is 0.838. The van der Waals surface area contributed by atoms with Crippen molar-refractivity contribution in [3.05, 3.63) is 45.8 Å². The van der Waals surface area contributed by atoms with Gasteiger partial charge in [0.25, 0.3) is 11.5 Å². The second kappa shape index (κ2) is 10.5. The third kappa shape index (κ3) is 5.49. The lowest BCUT2D eigenvalue weighted by atomic mass is 10.1. The molecular formula is C24H29ClN6O4. The lowest BCUT2D eigenvalue weighted by Gasteiger charge is -2.31. The van der Waals surface area contributed by atoms with Crippen LogP contribution in [0.25, 0.3) is 10.9 Å². The van der Waals surface area contributed by atoms with E-state index in [0.29, 0.717) is 36.5 Å². The lowest BCUT2D eigenvalue weighted by Crippen LogP contribution is -2.42. The normalized spacial score (nSPS) is 15.9. The highest BCUT2D eigenvalue weighted by molar-refractivity contribution is 6.32. The molecule has 1 aliphatic rings. The number of fused-ring (bicyclic) bond motifs is 1. The summed E-state index contributed by atoms with van der Waals surface area (Å²) in [6.07, 6.45) is 1.67. The van der Waals surface area contributed by atoms with E-state index in [-0.39, 0.29) is 36.0 Å². The Bertz CT molecular complexity index is 1290. The maximum absolute atomic E-state index is 13.0. The molecule has 1 amide bonds. The van der Waals surface area contributed by atoms with Gasteiger partial charge in [0, 0.05) is 37.3 Å². The fourth-order valence-corrected chi connectivity index (χ4v) is 4.10. The number of halogens is 1. The van der Waals surface area contributed by atoms with Crippen molar-refractivity contribution < 1.29 is 14.3 Å². The molecule has 1 fully saturated rings. The summed E-state index contributed by atoms with van der Waals surface area (Å²) >= 11 is 6.40. The number of amides is 1. The number of carbonyl (C=O) groups is 1. The van der Waals surface area contributed by atoms with Crippen molar-refractivity contribution in [2.24, 2.45) is 0 Å². The highest BCUT2D eigenvalue weighted by atomic mass is 35.5. The molecule has 0 spiro atoms. The zero-order valence-electron chi connectivity index (χ0n) is 20.2. The molecule has 2 N–H and O–H groups in total. The number of aromatic nitrogens is 3. The van der Waals surface area contributed by atoms with Crippen molar-refractivity contribution in [1.29, 1.82) is 0 Å². The molecule has 4 rings (SSSR count). The summed E-state index contributed by atoms with van der Waals surface area (Å²) in [7, 11) is 1.51. The maximum Gasteiger partial charge on any atom is 0.293 e. The first-order valence-corrected chi connectivity index (χ1v) is 11.8. The minimum Gasteiger partial charge on any atom is -0.478 e. The Morgan fingerprint density at radius 1 is 1.34 bits per heavy atom. The van der Waals surface area contributed by atoms with Crippen LogP contribution in [-0.2, 0) is 9.53 Å². The second-order valence-corrected chi connectivity index (χ2v) is 9.04. The number of carbonyl (C=O) groups excluding carboxylic acids is 1. The number of ether oxygens (including phenoxy) is 2. The molecule has 0 unspecified atom stereocenters. The van der Waals surface area contributed by atoms with E-state index in [9.17, 15) is 9.59 Å². The Morgan fingerprint density at radius 2 is 2.14 bits per heavy atom. The summed E-state index contributed by atoms with van der Waals surface area (Å²) < 4.78 is 12.8. The van der Waals surface area contributed by atoms with Crippen LogP contribution in [0.2, 0.25) is 5.02 Å². The molecule has 0 aliphatic carbocycles. The number of hydrogen-bond donors (Lipinski definition) is 2. The van der Waals surface area contributed by atoms with E-state index in [2.05, 4.69) is 25.5 Å². The number of likely N-dealkylation sites (N-methyl/N-ethyl adjacent to an activating group) is 1. The molecule has 1 aliphatic heterocycles. The number of hydrogen-bond acceptors (Lipinski definition) is 8. The molecule has 0 bridgehead atoms. The molecule has 1 saturated heterocycles. The Morgan fingerprint density at radius 3 is 2.86 bits per heavy atom. The quantitative estimate of drug-likeness (QED) is 0.509. The number of rotatable bonds is 7. The van der Waals surface area contributed by atoms with Crippen molar-refractivity contribution in [3.8, 4) is 5.75 Å². The summed E-state index contributed by atoms with van der Waals surface area (Å²) in [5.41, 5.74) is 1.19. The summed E-state index contributed by atoms with van der Waals surface area (Å²) in [4.78, 5) is 35.7. The number of anilines is 3. The maximum atomic E-state index is 13.0. The predicted octanol–water partition coefficient (Wildman–Crippen LogP) is 3.12. The lowest BCUT2D eigenvalue weighted by molar-refractivity contribution is -0.122. The molecular weight excluding hydrogens is 472 g/mol. The molecule has 0 saturated carbocycles. The first kappa shape index (κ1) is 24.7. The Balaban J connectivity index is 1.67. The van der Waals surface area contributed by atoms with Crippen molar-refractivity contribution in [2.75, 3.05) is 43.6 Å². The topological polar surface area (TPSA) is 111 Å². The average molecular weight is 501 g/mol. The second-order valence-electron chi connectivity index (χ2n) is 8.63. The molecule has 3 aromatic rings. The van der Waals surface area contributed by atoms with Gasteiger partial charge in [-0.15, -0.1) is 0 Å². The van der Waals surface area contributed by atoms with E-state index in [1.807, 2.05) is 39.0 Å². The summed E-state index contributed by atoms with van der Waals surface area (Å²) in [6.45, 7) is 7.62. The Kier molecular flexibility index (Phi) is 7.42. The van der Waals surface area contributed by atoms with Crippen LogP contribution in [0.4, 0.5) is 17.5 Å². The van der Waals surface area contributed by atoms with Gasteiger partial charge < -0.3 is 29.6 Å². The molecule has 3 heterocycles. The molecule has 35 heavy (non-hydrogen) atoms. The van der Waals surface area contributed by atoms with Crippen LogP contribution in [0, 0.1) is 0 Å². The molecule has 0 radical (unpaired) electrons. The van der Waals surface area contributed by atoms with Crippen LogP contribution < -0.4 is 25.8 Å². The largest absolute Gasteiger partial charge is 0.478 e. The van der Waals surface area contributed by atoms with Crippen LogP contribution in [0.1, 0.15) is 26.8 Å². The van der Waals surface area contributed by atoms with Crippen LogP contribution in [0.15, 0.2) is 35.3 Å². The van der Waals surface area contributed by atoms with Gasteiger partial charge in [-0.3, -0.25) is 9.59 Å². The zero-order chi connectivity index (χ0) is 25.1. The van der Waals surface area contributed by atoms with Gasteiger partial charge in [0.15, 0.2) is 18.2 Å². The van der Waals surface area contributed by atoms with Crippen LogP contribution in [0.3, 0.4) is 0 Å². The monoisotopic (exact) mass is 500 g/mol. The average Bonchev–Trinajstić information content (AvgIpc) is 2.83. The smallest absolute Gasteiger partial charge is 0.293 e. The van der Waals surface area contributed by atoms with Gasteiger partial charge in [-0.05, 0) is 45.0 Å². The molecule has 1 aromatic carbocycles. The third-order valence-electron chi connectivity index (χ3n) is 5.68. The SMILES string of the molecule is CNC(=O)COc1cc2cc(Nc3nc(N4CCO[C@H](C)C4)ncc3Cl)ccc2n(C(C)C)c1=O. The van der Waals surface area contributed by atoms with Crippen LogP contribution in [-0.4, -0.2) is 59.9 Å². The first-order chi connectivity index (χ1) is 16.8. The molecule has 11 heteroatoms. The van der Waals surface area contributed by atoms with E-state index in [4.69, 9.17) is 21.1 Å². The van der Waals surface area contributed by atoms with Crippen LogP contribution >= 0.6 is 11.6 Å². The molecule has 1 atom stereocenters. The Labute approximate surface area is 208 Å². The number of nitrogens with one attached hydrogen (secondary N) is 2. The fraction of sp³-hybridized carbons (Fsp3) is 0.417. The number of nitrogens with zero attached hydrogens (tertiary/aromatic N) is 4. The Hall–Kier alpha value is -3.37. The van der Waals surface area contributed by atoms with E-state index in [1.54, 1.807) is 16.8 Å². The van der Waals surface area contributed by atoms with Crippen molar-refractivity contribution in [2.45, 2.75) is 32.9 Å². The van der Waals surface area contributed by atoms with Gasteiger partial charge in [-0.2, -0.15) is 4.98 Å². The molecule has 186 valence electrons.